The molecule has 1 fully saturated rings. The third-order valence-corrected chi connectivity index (χ3v) is 2.45. The van der Waals surface area contributed by atoms with Crippen LogP contribution in [0.25, 0.3) is 0 Å². The monoisotopic (exact) mass is 179 g/mol. The predicted molar refractivity (Wildman–Crippen MR) is 51.4 cm³/mol. The van der Waals surface area contributed by atoms with E-state index >= 15 is 0 Å². The van der Waals surface area contributed by atoms with Gasteiger partial charge in [-0.3, -0.25) is 4.68 Å². The van der Waals surface area contributed by atoms with Crippen molar-refractivity contribution in [2.45, 2.75) is 45.6 Å². The molecule has 1 aliphatic rings. The smallest absolute Gasteiger partial charge is 0.0880 e. The average molecular weight is 179 g/mol. The van der Waals surface area contributed by atoms with Crippen LogP contribution >= 0.6 is 0 Å². The highest BCUT2D eigenvalue weighted by Crippen LogP contribution is 2.30. The van der Waals surface area contributed by atoms with Crippen LogP contribution in [0.1, 0.15) is 39.3 Å². The maximum atomic E-state index is 4.18. The Bertz CT molecular complexity index is 291. The molecule has 0 bridgehead atoms. The summed E-state index contributed by atoms with van der Waals surface area (Å²) < 4.78 is 1.98. The van der Waals surface area contributed by atoms with Crippen molar-refractivity contribution in [3.05, 3.63) is 11.9 Å². The highest BCUT2D eigenvalue weighted by atomic mass is 15.4. The summed E-state index contributed by atoms with van der Waals surface area (Å²) in [5.41, 5.74) is 1.22. The number of hydrogen-bond acceptors (Lipinski definition) is 2. The largest absolute Gasteiger partial charge is 0.252 e. The van der Waals surface area contributed by atoms with Crippen LogP contribution in [0.4, 0.5) is 0 Å². The molecule has 0 amide bonds. The van der Waals surface area contributed by atoms with Crippen molar-refractivity contribution >= 4 is 0 Å². The second-order valence-electron chi connectivity index (χ2n) is 5.02. The Balaban J connectivity index is 2.08. The zero-order valence-corrected chi connectivity index (χ0v) is 8.62. The van der Waals surface area contributed by atoms with Gasteiger partial charge in [0, 0.05) is 18.2 Å². The fourth-order valence-electron chi connectivity index (χ4n) is 1.30. The first-order valence-corrected chi connectivity index (χ1v) is 4.96. The van der Waals surface area contributed by atoms with Gasteiger partial charge in [-0.1, -0.05) is 26.0 Å². The molecule has 2 rings (SSSR count). The van der Waals surface area contributed by atoms with Gasteiger partial charge in [-0.05, 0) is 18.8 Å². The van der Waals surface area contributed by atoms with Gasteiger partial charge in [-0.2, -0.15) is 0 Å². The first-order valence-electron chi connectivity index (χ1n) is 4.96. The zero-order valence-electron chi connectivity index (χ0n) is 8.62. The van der Waals surface area contributed by atoms with E-state index in [1.165, 1.54) is 12.8 Å². The maximum absolute atomic E-state index is 4.18. The van der Waals surface area contributed by atoms with E-state index in [4.69, 9.17) is 0 Å². The molecule has 72 valence electrons. The minimum Gasteiger partial charge on any atom is -0.252 e. The third kappa shape index (κ3) is 2.08. The summed E-state index contributed by atoms with van der Waals surface area (Å²) in [5, 5.41) is 8.31. The van der Waals surface area contributed by atoms with Crippen LogP contribution < -0.4 is 0 Å². The van der Waals surface area contributed by atoms with Crippen LogP contribution in [0.2, 0.25) is 0 Å². The molecule has 13 heavy (non-hydrogen) atoms. The molecule has 1 aromatic rings. The molecule has 3 heteroatoms. The van der Waals surface area contributed by atoms with E-state index in [-0.39, 0.29) is 5.41 Å². The lowest BCUT2D eigenvalue weighted by Crippen LogP contribution is -2.11. The van der Waals surface area contributed by atoms with E-state index in [0.717, 1.165) is 18.2 Å². The van der Waals surface area contributed by atoms with Crippen molar-refractivity contribution in [1.29, 1.82) is 0 Å². The third-order valence-electron chi connectivity index (χ3n) is 2.45. The lowest BCUT2D eigenvalue weighted by atomic mass is 9.93. The molecule has 0 saturated heterocycles. The molecule has 0 spiro atoms. The van der Waals surface area contributed by atoms with Gasteiger partial charge in [0.05, 0.1) is 5.69 Å². The number of hydrogen-bond donors (Lipinski definition) is 0. The number of nitrogens with zero attached hydrogens (tertiary/aromatic N) is 3. The molecule has 1 aromatic heterocycles. The normalized spacial score (nSPS) is 17.8. The SMILES string of the molecule is CC(C)(C)c1cn(CC2CC2)nn1. The second-order valence-corrected chi connectivity index (χ2v) is 5.02. The Morgan fingerprint density at radius 3 is 2.62 bits per heavy atom. The van der Waals surface area contributed by atoms with Crippen LogP contribution in [0.15, 0.2) is 6.20 Å². The molecule has 0 unspecified atom stereocenters. The lowest BCUT2D eigenvalue weighted by Gasteiger charge is -2.12. The standard InChI is InChI=1S/C10H17N3/c1-10(2,3)9-7-13(12-11-9)6-8-4-5-8/h7-8H,4-6H2,1-3H3. The van der Waals surface area contributed by atoms with Gasteiger partial charge in [0.15, 0.2) is 0 Å². The quantitative estimate of drug-likeness (QED) is 0.695. The van der Waals surface area contributed by atoms with E-state index in [1.807, 2.05) is 4.68 Å². The molecule has 0 atom stereocenters. The summed E-state index contributed by atoms with van der Waals surface area (Å²) in [5.74, 6) is 0.870. The van der Waals surface area contributed by atoms with E-state index in [9.17, 15) is 0 Å². The van der Waals surface area contributed by atoms with Crippen molar-refractivity contribution in [2.75, 3.05) is 0 Å². The summed E-state index contributed by atoms with van der Waals surface area (Å²) in [6.07, 6.45) is 4.81. The Labute approximate surface area is 79.1 Å². The minimum atomic E-state index is 0.127. The van der Waals surface area contributed by atoms with Crippen LogP contribution in [0.3, 0.4) is 0 Å². The highest BCUT2D eigenvalue weighted by molar-refractivity contribution is 5.06. The first-order chi connectivity index (χ1) is 6.05. The molecule has 0 aliphatic heterocycles. The lowest BCUT2D eigenvalue weighted by molar-refractivity contribution is 0.543. The van der Waals surface area contributed by atoms with Gasteiger partial charge in [0.25, 0.3) is 0 Å². The molecular weight excluding hydrogens is 162 g/mol. The number of rotatable bonds is 2. The van der Waals surface area contributed by atoms with Gasteiger partial charge in [-0.25, -0.2) is 0 Å². The van der Waals surface area contributed by atoms with Crippen molar-refractivity contribution in [3.8, 4) is 0 Å². The van der Waals surface area contributed by atoms with E-state index in [1.54, 1.807) is 0 Å². The van der Waals surface area contributed by atoms with Crippen molar-refractivity contribution < 1.29 is 0 Å². The summed E-state index contributed by atoms with van der Waals surface area (Å²) in [4.78, 5) is 0. The van der Waals surface area contributed by atoms with Gasteiger partial charge >= 0.3 is 0 Å². The molecule has 0 N–H and O–H groups in total. The summed E-state index contributed by atoms with van der Waals surface area (Å²) in [7, 11) is 0. The van der Waals surface area contributed by atoms with Crippen LogP contribution in [-0.4, -0.2) is 15.0 Å². The highest BCUT2D eigenvalue weighted by Gasteiger charge is 2.23. The fourth-order valence-corrected chi connectivity index (χ4v) is 1.30. The first kappa shape index (κ1) is 8.73. The van der Waals surface area contributed by atoms with E-state index < -0.39 is 0 Å². The molecule has 1 heterocycles. The average Bonchev–Trinajstić information content (AvgIpc) is 2.63. The van der Waals surface area contributed by atoms with E-state index in [2.05, 4.69) is 37.3 Å². The second kappa shape index (κ2) is 2.82. The molecule has 0 aromatic carbocycles. The summed E-state index contributed by atoms with van der Waals surface area (Å²) >= 11 is 0. The van der Waals surface area contributed by atoms with Crippen LogP contribution in [0.5, 0.6) is 0 Å². The van der Waals surface area contributed by atoms with Gasteiger partial charge in [0.2, 0.25) is 0 Å². The fraction of sp³-hybridized carbons (Fsp3) is 0.800. The molecular formula is C10H17N3. The van der Waals surface area contributed by atoms with Crippen LogP contribution in [-0.2, 0) is 12.0 Å². The molecule has 0 radical (unpaired) electrons. The van der Waals surface area contributed by atoms with Gasteiger partial charge in [0.1, 0.15) is 0 Å². The summed E-state index contributed by atoms with van der Waals surface area (Å²) in [6, 6.07) is 0. The Morgan fingerprint density at radius 2 is 2.15 bits per heavy atom. The minimum absolute atomic E-state index is 0.127. The maximum Gasteiger partial charge on any atom is 0.0880 e. The van der Waals surface area contributed by atoms with Gasteiger partial charge in [-0.15, -0.1) is 5.10 Å². The Hall–Kier alpha value is -0.860. The van der Waals surface area contributed by atoms with Crippen LogP contribution in [0, 0.1) is 5.92 Å². The predicted octanol–water partition coefficient (Wildman–Crippen LogP) is 1.99. The molecule has 1 saturated carbocycles. The Morgan fingerprint density at radius 1 is 1.46 bits per heavy atom. The van der Waals surface area contributed by atoms with E-state index in [0.29, 0.717) is 0 Å². The van der Waals surface area contributed by atoms with Gasteiger partial charge < -0.3 is 0 Å². The Kier molecular flexibility index (Phi) is 1.90. The molecule has 3 nitrogen and oxygen atoms in total. The number of aromatic nitrogens is 3. The summed E-state index contributed by atoms with van der Waals surface area (Å²) in [6.45, 7) is 7.55. The topological polar surface area (TPSA) is 30.7 Å². The zero-order chi connectivity index (χ0) is 9.47. The molecule has 1 aliphatic carbocycles. The van der Waals surface area contributed by atoms with Crippen molar-refractivity contribution in [1.82, 2.24) is 15.0 Å². The van der Waals surface area contributed by atoms with Crippen molar-refractivity contribution in [3.63, 3.8) is 0 Å². The van der Waals surface area contributed by atoms with Crippen molar-refractivity contribution in [2.24, 2.45) is 5.92 Å².